The average molecular weight is 613 g/mol. The molecule has 2 aromatic carbocycles. The third-order valence-electron chi connectivity index (χ3n) is 6.49. The summed E-state index contributed by atoms with van der Waals surface area (Å²) in [6, 6.07) is 12.0. The number of hydrogen-bond donors (Lipinski definition) is 3. The number of aromatic amines is 1. The Morgan fingerprint density at radius 3 is 2.17 bits per heavy atom. The van der Waals surface area contributed by atoms with Crippen LogP contribution in [0, 0.1) is 13.8 Å². The number of nitrogen functional groups attached to an aromatic ring is 1. The van der Waals surface area contributed by atoms with Crippen molar-refractivity contribution in [2.45, 2.75) is 44.1 Å². The molecule has 1 saturated heterocycles. The Kier molecular flexibility index (Phi) is 7.51. The molecule has 1 aliphatic heterocycles. The van der Waals surface area contributed by atoms with Crippen LogP contribution in [0.3, 0.4) is 0 Å². The summed E-state index contributed by atoms with van der Waals surface area (Å²) in [5.41, 5.74) is 1.83. The number of fused-ring (bicyclic) bond motifs is 1. The van der Waals surface area contributed by atoms with Gasteiger partial charge in [0.15, 0.2) is 22.9 Å². The second kappa shape index (κ2) is 10.7. The molecule has 224 valence electrons. The van der Waals surface area contributed by atoms with E-state index in [-0.39, 0.29) is 11.5 Å². The molecule has 4 N–H and O–H groups in total. The number of aryl methyl sites for hydroxylation is 2. The molecule has 0 saturated carbocycles. The summed E-state index contributed by atoms with van der Waals surface area (Å²) in [5, 5.41) is 10.6. The first-order chi connectivity index (χ1) is 19.7. The standard InChI is InChI=1S/C25H24F4N5O7P/c1-13-3-7-15(8-4-13)40-42(37,41-16-9-5-14(2)6-10-16)38-11-24(21(26)27)20(36)25(28,29)22(39-24)34-12-31-17-18(34)32-23(30)33-19(17)35/h3-10,12,20-22,36H,11H2,1-2H3,(H3,30,32,33,35)/t20-,22-,24-/m1/s1. The van der Waals surface area contributed by atoms with Crippen molar-refractivity contribution in [2.75, 3.05) is 12.3 Å². The molecule has 1 fully saturated rings. The van der Waals surface area contributed by atoms with Crippen molar-refractivity contribution in [3.05, 3.63) is 76.3 Å². The number of aromatic nitrogens is 4. The monoisotopic (exact) mass is 613 g/mol. The quantitative estimate of drug-likeness (QED) is 0.185. The topological polar surface area (TPSA) is 164 Å². The number of nitrogens with zero attached hydrogens (tertiary/aromatic N) is 3. The van der Waals surface area contributed by atoms with Gasteiger partial charge in [0.05, 0.1) is 12.9 Å². The molecule has 3 atom stereocenters. The summed E-state index contributed by atoms with van der Waals surface area (Å²) in [5.74, 6) is -4.98. The maximum Gasteiger partial charge on any atom is 0.587 e. The molecule has 12 nitrogen and oxygen atoms in total. The van der Waals surface area contributed by atoms with Gasteiger partial charge in [-0.25, -0.2) is 18.3 Å². The van der Waals surface area contributed by atoms with Crippen LogP contribution in [0.5, 0.6) is 11.5 Å². The number of aliphatic hydroxyl groups is 1. The fourth-order valence-electron chi connectivity index (χ4n) is 4.22. The van der Waals surface area contributed by atoms with Crippen LogP contribution in [0.1, 0.15) is 17.4 Å². The minimum absolute atomic E-state index is 0.0444. The van der Waals surface area contributed by atoms with Crippen LogP contribution in [-0.2, 0) is 13.8 Å². The molecule has 0 aliphatic carbocycles. The van der Waals surface area contributed by atoms with Gasteiger partial charge in [-0.05, 0) is 38.1 Å². The van der Waals surface area contributed by atoms with Crippen LogP contribution in [0.4, 0.5) is 23.5 Å². The number of hydrogen-bond acceptors (Lipinski definition) is 10. The zero-order valence-electron chi connectivity index (χ0n) is 21.9. The molecular weight excluding hydrogens is 589 g/mol. The number of phosphoric ester groups is 1. The van der Waals surface area contributed by atoms with Crippen molar-refractivity contribution in [3.8, 4) is 11.5 Å². The molecular formula is C25H24F4N5O7P. The van der Waals surface area contributed by atoms with Crippen molar-refractivity contribution < 1.29 is 45.5 Å². The van der Waals surface area contributed by atoms with Crippen molar-refractivity contribution in [1.82, 2.24) is 19.5 Å². The van der Waals surface area contributed by atoms with E-state index in [4.69, 9.17) is 24.0 Å². The minimum atomic E-state index is -4.89. The summed E-state index contributed by atoms with van der Waals surface area (Å²) < 4.78 is 95.4. The van der Waals surface area contributed by atoms with E-state index in [1.807, 2.05) is 0 Å². The molecule has 1 aliphatic rings. The van der Waals surface area contributed by atoms with Crippen LogP contribution in [0.15, 0.2) is 59.7 Å². The number of anilines is 1. The van der Waals surface area contributed by atoms with Crippen molar-refractivity contribution >= 4 is 24.9 Å². The number of H-pyrrole nitrogens is 1. The highest BCUT2D eigenvalue weighted by Gasteiger charge is 2.71. The molecule has 42 heavy (non-hydrogen) atoms. The number of rotatable bonds is 9. The minimum Gasteiger partial charge on any atom is -0.395 e. The molecule has 0 spiro atoms. The lowest BCUT2D eigenvalue weighted by Crippen LogP contribution is -2.54. The van der Waals surface area contributed by atoms with Gasteiger partial charge < -0.3 is 24.6 Å². The van der Waals surface area contributed by atoms with Crippen LogP contribution >= 0.6 is 7.82 Å². The van der Waals surface area contributed by atoms with Crippen molar-refractivity contribution in [3.63, 3.8) is 0 Å². The van der Waals surface area contributed by atoms with E-state index in [0.717, 1.165) is 11.1 Å². The summed E-state index contributed by atoms with van der Waals surface area (Å²) >= 11 is 0. The average Bonchev–Trinajstić information content (AvgIpc) is 3.43. The first kappa shape index (κ1) is 29.5. The number of benzene rings is 2. The maximum atomic E-state index is 15.5. The Morgan fingerprint density at radius 2 is 1.64 bits per heavy atom. The first-order valence-corrected chi connectivity index (χ1v) is 13.7. The number of nitrogens with one attached hydrogen (secondary N) is 1. The molecule has 2 aromatic heterocycles. The summed E-state index contributed by atoms with van der Waals surface area (Å²) in [7, 11) is -4.89. The Labute approximate surface area is 234 Å². The van der Waals surface area contributed by atoms with Crippen molar-refractivity contribution in [1.29, 1.82) is 0 Å². The lowest BCUT2D eigenvalue weighted by Gasteiger charge is -2.31. The maximum absolute atomic E-state index is 15.5. The second-order valence-corrected chi connectivity index (χ2v) is 11.1. The number of nitrogens with two attached hydrogens (primary N) is 1. The van der Waals surface area contributed by atoms with Gasteiger partial charge in [-0.15, -0.1) is 0 Å². The van der Waals surface area contributed by atoms with Gasteiger partial charge in [-0.1, -0.05) is 35.4 Å². The van der Waals surface area contributed by atoms with Gasteiger partial charge in [-0.3, -0.25) is 18.9 Å². The van der Waals surface area contributed by atoms with Gasteiger partial charge in [0.25, 0.3) is 12.0 Å². The summed E-state index contributed by atoms with van der Waals surface area (Å²) in [4.78, 5) is 21.7. The van der Waals surface area contributed by atoms with Gasteiger partial charge >= 0.3 is 13.7 Å². The van der Waals surface area contributed by atoms with Crippen LogP contribution in [-0.4, -0.2) is 55.3 Å². The normalized spacial score (nSPS) is 22.1. The molecule has 17 heteroatoms. The number of aliphatic hydroxyl groups excluding tert-OH is 1. The van der Waals surface area contributed by atoms with Crippen LogP contribution < -0.4 is 20.3 Å². The van der Waals surface area contributed by atoms with Gasteiger partial charge in [-0.2, -0.15) is 13.8 Å². The van der Waals surface area contributed by atoms with E-state index in [1.165, 1.54) is 24.3 Å². The summed E-state index contributed by atoms with van der Waals surface area (Å²) in [6.45, 7) is 1.97. The van der Waals surface area contributed by atoms with Gasteiger partial charge in [0, 0.05) is 0 Å². The van der Waals surface area contributed by atoms with Crippen molar-refractivity contribution in [2.24, 2.45) is 0 Å². The highest BCUT2D eigenvalue weighted by Crippen LogP contribution is 2.55. The van der Waals surface area contributed by atoms with E-state index < -0.39 is 67.4 Å². The SMILES string of the molecule is Cc1ccc(OP(=O)(OC[C@@]2(C(F)F)O[C@@H](n3cnc4c(=O)[nH]c(N)nc43)C(F)(F)[C@@H]2O)Oc2ccc(C)cc2)cc1. The number of ether oxygens (including phenoxy) is 1. The lowest BCUT2D eigenvalue weighted by atomic mass is 9.96. The molecule has 0 bridgehead atoms. The largest absolute Gasteiger partial charge is 0.587 e. The van der Waals surface area contributed by atoms with E-state index in [1.54, 1.807) is 38.1 Å². The number of imidazole rings is 1. The highest BCUT2D eigenvalue weighted by atomic mass is 31.2. The van der Waals surface area contributed by atoms with E-state index >= 15 is 8.78 Å². The third-order valence-corrected chi connectivity index (χ3v) is 7.80. The first-order valence-electron chi connectivity index (χ1n) is 12.3. The molecule has 4 aromatic rings. The highest BCUT2D eigenvalue weighted by molar-refractivity contribution is 7.49. The predicted octanol–water partition coefficient (Wildman–Crippen LogP) is 4.13. The third kappa shape index (κ3) is 5.33. The second-order valence-electron chi connectivity index (χ2n) is 9.61. The Hall–Kier alpha value is -3.98. The predicted molar refractivity (Wildman–Crippen MR) is 140 cm³/mol. The van der Waals surface area contributed by atoms with Crippen LogP contribution in [0.25, 0.3) is 11.2 Å². The van der Waals surface area contributed by atoms with E-state index in [0.29, 0.717) is 10.9 Å². The molecule has 0 amide bonds. The van der Waals surface area contributed by atoms with E-state index in [2.05, 4.69) is 15.0 Å². The lowest BCUT2D eigenvalue weighted by molar-refractivity contribution is -0.192. The fraction of sp³-hybridized carbons (Fsp3) is 0.320. The molecule has 5 rings (SSSR count). The zero-order valence-corrected chi connectivity index (χ0v) is 22.8. The molecule has 0 unspecified atom stereocenters. The smallest absolute Gasteiger partial charge is 0.395 e. The van der Waals surface area contributed by atoms with Crippen LogP contribution in [0.2, 0.25) is 0 Å². The molecule has 0 radical (unpaired) electrons. The Bertz CT molecular complexity index is 1650. The number of phosphoric acid groups is 1. The fourth-order valence-corrected chi connectivity index (χ4v) is 5.49. The zero-order chi connectivity index (χ0) is 30.4. The Morgan fingerprint density at radius 1 is 1.10 bits per heavy atom. The van der Waals surface area contributed by atoms with Gasteiger partial charge in [0.2, 0.25) is 12.2 Å². The Balaban J connectivity index is 1.50. The molecule has 3 heterocycles. The number of halogens is 4. The van der Waals surface area contributed by atoms with Gasteiger partial charge in [0.1, 0.15) is 11.5 Å². The number of alkyl halides is 4. The summed E-state index contributed by atoms with van der Waals surface area (Å²) in [6.07, 6.45) is -8.98. The van der Waals surface area contributed by atoms with E-state index in [9.17, 15) is 23.2 Å².